The van der Waals surface area contributed by atoms with Crippen molar-refractivity contribution in [1.29, 1.82) is 0 Å². The van der Waals surface area contributed by atoms with E-state index in [2.05, 4.69) is 36.7 Å². The summed E-state index contributed by atoms with van der Waals surface area (Å²) in [6.45, 7) is 0. The van der Waals surface area contributed by atoms with E-state index in [1.807, 2.05) is 0 Å². The molecule has 1 aromatic carbocycles. The number of rotatable bonds is 4. The lowest BCUT2D eigenvalue weighted by molar-refractivity contribution is 0.269. The van der Waals surface area contributed by atoms with Gasteiger partial charge >= 0.3 is 0 Å². The molecule has 2 N–H and O–H groups in total. The van der Waals surface area contributed by atoms with Gasteiger partial charge in [-0.2, -0.15) is 0 Å². The summed E-state index contributed by atoms with van der Waals surface area (Å²) < 4.78 is 14.3. The molecule has 1 heterocycles. The molecule has 0 aliphatic rings. The normalized spacial score (nSPS) is 10.2. The van der Waals surface area contributed by atoms with Gasteiger partial charge in [-0.05, 0) is 18.2 Å². The summed E-state index contributed by atoms with van der Waals surface area (Å²) >= 11 is 3.19. The van der Waals surface area contributed by atoms with Crippen LogP contribution < -0.4 is 10.8 Å². The predicted molar refractivity (Wildman–Crippen MR) is 70.0 cm³/mol. The number of nitrogens with zero attached hydrogens (tertiary/aromatic N) is 2. The van der Waals surface area contributed by atoms with E-state index in [9.17, 15) is 4.39 Å². The summed E-state index contributed by atoms with van der Waals surface area (Å²) in [6.07, 6.45) is 1.35. The summed E-state index contributed by atoms with van der Waals surface area (Å²) in [7, 11) is 1.48. The van der Waals surface area contributed by atoms with Crippen LogP contribution in [0.15, 0.2) is 35.1 Å². The van der Waals surface area contributed by atoms with Crippen LogP contribution in [-0.4, -0.2) is 17.1 Å². The third-order valence-electron chi connectivity index (χ3n) is 2.07. The lowest BCUT2D eigenvalue weighted by Crippen LogP contribution is -2.01. The molecule has 94 valence electrons. The molecule has 0 bridgehead atoms. The van der Waals surface area contributed by atoms with Gasteiger partial charge in [0.1, 0.15) is 18.0 Å². The molecule has 0 saturated heterocycles. The molecule has 0 saturated carbocycles. The standard InChI is InChI=1S/C11H10BrFN4O/c1-18-17-11-5-10(14-6-15-11)16-9-3-2-7(12)4-8(9)13/h2-6H,1H3,(H2,14,15,16,17). The van der Waals surface area contributed by atoms with E-state index in [1.54, 1.807) is 18.2 Å². The second-order valence-electron chi connectivity index (χ2n) is 3.34. The van der Waals surface area contributed by atoms with Gasteiger partial charge in [0.25, 0.3) is 0 Å². The van der Waals surface area contributed by atoms with E-state index in [-0.39, 0.29) is 5.82 Å². The first-order valence-electron chi connectivity index (χ1n) is 5.02. The number of aromatic nitrogens is 2. The van der Waals surface area contributed by atoms with Crippen LogP contribution in [0.3, 0.4) is 0 Å². The fraction of sp³-hybridized carbons (Fsp3) is 0.0909. The fourth-order valence-corrected chi connectivity index (χ4v) is 1.65. The van der Waals surface area contributed by atoms with E-state index in [4.69, 9.17) is 4.84 Å². The van der Waals surface area contributed by atoms with Crippen molar-refractivity contribution in [3.63, 3.8) is 0 Å². The molecule has 7 heteroatoms. The Hall–Kier alpha value is -1.73. The number of anilines is 3. The highest BCUT2D eigenvalue weighted by atomic mass is 79.9. The molecule has 0 atom stereocenters. The monoisotopic (exact) mass is 312 g/mol. The Balaban J connectivity index is 2.20. The highest BCUT2D eigenvalue weighted by Crippen LogP contribution is 2.22. The SMILES string of the molecule is CONc1cc(Nc2ccc(Br)cc2F)ncn1. The van der Waals surface area contributed by atoms with E-state index < -0.39 is 0 Å². The van der Waals surface area contributed by atoms with Crippen LogP contribution in [0.25, 0.3) is 0 Å². The van der Waals surface area contributed by atoms with Gasteiger partial charge in [0.15, 0.2) is 5.82 Å². The molecule has 0 unspecified atom stereocenters. The molecule has 5 nitrogen and oxygen atoms in total. The molecular weight excluding hydrogens is 303 g/mol. The van der Waals surface area contributed by atoms with Crippen molar-refractivity contribution < 1.29 is 9.23 Å². The number of hydrogen-bond acceptors (Lipinski definition) is 5. The van der Waals surface area contributed by atoms with Gasteiger partial charge in [-0.15, -0.1) is 0 Å². The quantitative estimate of drug-likeness (QED) is 0.850. The van der Waals surface area contributed by atoms with Crippen LogP contribution in [-0.2, 0) is 4.84 Å². The van der Waals surface area contributed by atoms with Crippen molar-refractivity contribution in [3.8, 4) is 0 Å². The van der Waals surface area contributed by atoms with Gasteiger partial charge in [-0.1, -0.05) is 15.9 Å². The summed E-state index contributed by atoms with van der Waals surface area (Å²) in [5.41, 5.74) is 2.90. The minimum absolute atomic E-state index is 0.334. The molecule has 0 fully saturated rings. The molecule has 1 aromatic heterocycles. The number of halogens is 2. The van der Waals surface area contributed by atoms with Crippen LogP contribution >= 0.6 is 15.9 Å². The van der Waals surface area contributed by atoms with Crippen molar-refractivity contribution in [2.75, 3.05) is 17.9 Å². The van der Waals surface area contributed by atoms with Crippen LogP contribution in [0.4, 0.5) is 21.7 Å². The number of nitrogens with one attached hydrogen (secondary N) is 2. The molecule has 0 spiro atoms. The Morgan fingerprint density at radius 3 is 2.72 bits per heavy atom. The van der Waals surface area contributed by atoms with Gasteiger partial charge < -0.3 is 5.32 Å². The average Bonchev–Trinajstić information content (AvgIpc) is 2.34. The molecule has 2 aromatic rings. The van der Waals surface area contributed by atoms with E-state index in [1.165, 1.54) is 19.5 Å². The lowest BCUT2D eigenvalue weighted by atomic mass is 10.3. The van der Waals surface area contributed by atoms with Crippen molar-refractivity contribution >= 4 is 33.3 Å². The zero-order chi connectivity index (χ0) is 13.0. The minimum atomic E-state index is -0.371. The number of benzene rings is 1. The van der Waals surface area contributed by atoms with E-state index >= 15 is 0 Å². The maximum absolute atomic E-state index is 13.6. The largest absolute Gasteiger partial charge is 0.338 e. The third-order valence-corrected chi connectivity index (χ3v) is 2.56. The Morgan fingerprint density at radius 2 is 2.00 bits per heavy atom. The van der Waals surface area contributed by atoms with Crippen molar-refractivity contribution in [2.24, 2.45) is 0 Å². The first-order chi connectivity index (χ1) is 8.69. The Morgan fingerprint density at radius 1 is 1.22 bits per heavy atom. The Bertz CT molecular complexity index is 552. The zero-order valence-electron chi connectivity index (χ0n) is 9.45. The molecule has 0 radical (unpaired) electrons. The molecule has 0 aliphatic heterocycles. The summed E-state index contributed by atoms with van der Waals surface area (Å²) in [6, 6.07) is 6.33. The summed E-state index contributed by atoms with van der Waals surface area (Å²) in [4.78, 5) is 12.6. The Kier molecular flexibility index (Phi) is 4.06. The Labute approximate surface area is 111 Å². The summed E-state index contributed by atoms with van der Waals surface area (Å²) in [5, 5.41) is 2.86. The minimum Gasteiger partial charge on any atom is -0.338 e. The average molecular weight is 313 g/mol. The van der Waals surface area contributed by atoms with Crippen molar-refractivity contribution in [3.05, 3.63) is 40.9 Å². The molecule has 0 aliphatic carbocycles. The maximum Gasteiger partial charge on any atom is 0.155 e. The third kappa shape index (κ3) is 3.14. The lowest BCUT2D eigenvalue weighted by Gasteiger charge is -2.08. The topological polar surface area (TPSA) is 59.1 Å². The van der Waals surface area contributed by atoms with Gasteiger partial charge in [-0.3, -0.25) is 4.84 Å². The van der Waals surface area contributed by atoms with Crippen LogP contribution in [0.2, 0.25) is 0 Å². The highest BCUT2D eigenvalue weighted by Gasteiger charge is 2.04. The van der Waals surface area contributed by atoms with Crippen LogP contribution in [0.5, 0.6) is 0 Å². The highest BCUT2D eigenvalue weighted by molar-refractivity contribution is 9.10. The van der Waals surface area contributed by atoms with Gasteiger partial charge in [-0.25, -0.2) is 19.8 Å². The van der Waals surface area contributed by atoms with Gasteiger partial charge in [0.05, 0.1) is 12.8 Å². The summed E-state index contributed by atoms with van der Waals surface area (Å²) in [5.74, 6) is 0.572. The fourth-order valence-electron chi connectivity index (χ4n) is 1.31. The van der Waals surface area contributed by atoms with E-state index in [0.29, 0.717) is 21.8 Å². The second kappa shape index (κ2) is 5.74. The van der Waals surface area contributed by atoms with Crippen molar-refractivity contribution in [1.82, 2.24) is 9.97 Å². The molecule has 18 heavy (non-hydrogen) atoms. The van der Waals surface area contributed by atoms with Crippen LogP contribution in [0.1, 0.15) is 0 Å². The van der Waals surface area contributed by atoms with Gasteiger partial charge in [0.2, 0.25) is 0 Å². The maximum atomic E-state index is 13.6. The smallest absolute Gasteiger partial charge is 0.155 e. The predicted octanol–water partition coefficient (Wildman–Crippen LogP) is 3.10. The van der Waals surface area contributed by atoms with Crippen molar-refractivity contribution in [2.45, 2.75) is 0 Å². The number of hydrogen-bond donors (Lipinski definition) is 2. The van der Waals surface area contributed by atoms with Gasteiger partial charge in [0, 0.05) is 10.5 Å². The first kappa shape index (κ1) is 12.7. The molecule has 0 amide bonds. The molecule has 2 rings (SSSR count). The first-order valence-corrected chi connectivity index (χ1v) is 5.81. The second-order valence-corrected chi connectivity index (χ2v) is 4.26. The molecular formula is C11H10BrFN4O. The zero-order valence-corrected chi connectivity index (χ0v) is 11.0. The van der Waals surface area contributed by atoms with Crippen LogP contribution in [0, 0.1) is 5.82 Å². The van der Waals surface area contributed by atoms with E-state index in [0.717, 1.165) is 0 Å².